The van der Waals surface area contributed by atoms with Gasteiger partial charge in [0.2, 0.25) is 0 Å². The van der Waals surface area contributed by atoms with Crippen LogP contribution in [0.15, 0.2) is 6.07 Å². The molecule has 18 heavy (non-hydrogen) atoms. The Morgan fingerprint density at radius 1 is 1.28 bits per heavy atom. The van der Waals surface area contributed by atoms with Gasteiger partial charge in [0.15, 0.2) is 11.5 Å². The molecule has 0 unspecified atom stereocenters. The quantitative estimate of drug-likeness (QED) is 0.722. The van der Waals surface area contributed by atoms with E-state index in [9.17, 15) is 10.2 Å². The molecule has 1 aromatic carbocycles. The average molecular weight is 270 g/mol. The number of benzene rings is 1. The van der Waals surface area contributed by atoms with Gasteiger partial charge in [-0.2, -0.15) is 0 Å². The van der Waals surface area contributed by atoms with Gasteiger partial charge in [-0.05, 0) is 25.3 Å². The summed E-state index contributed by atoms with van der Waals surface area (Å²) >= 11 is 6.12. The van der Waals surface area contributed by atoms with Gasteiger partial charge in [-0.1, -0.05) is 30.9 Å². The molecule has 0 aliphatic heterocycles. The van der Waals surface area contributed by atoms with Crippen LogP contribution < -0.4 is 5.73 Å². The molecule has 0 radical (unpaired) electrons. The molecule has 1 fully saturated rings. The van der Waals surface area contributed by atoms with E-state index < -0.39 is 0 Å². The molecule has 0 aromatic heterocycles. The Labute approximate surface area is 113 Å². The molecule has 4 N–H and O–H groups in total. The van der Waals surface area contributed by atoms with Crippen LogP contribution in [-0.2, 0) is 5.41 Å². The van der Waals surface area contributed by atoms with Crippen LogP contribution in [0.25, 0.3) is 0 Å². The third kappa shape index (κ3) is 2.06. The first-order chi connectivity index (χ1) is 8.52. The van der Waals surface area contributed by atoms with Crippen LogP contribution in [-0.4, -0.2) is 16.8 Å². The van der Waals surface area contributed by atoms with Gasteiger partial charge in [0.1, 0.15) is 0 Å². The summed E-state index contributed by atoms with van der Waals surface area (Å²) in [7, 11) is 0. The van der Waals surface area contributed by atoms with Crippen LogP contribution in [0.5, 0.6) is 11.5 Å². The molecular formula is C14H20ClNO2. The third-order valence-electron chi connectivity index (χ3n) is 4.21. The van der Waals surface area contributed by atoms with Crippen LogP contribution in [0.2, 0.25) is 5.02 Å². The molecule has 100 valence electrons. The summed E-state index contributed by atoms with van der Waals surface area (Å²) in [6.07, 6.45) is 5.29. The first-order valence-electron chi connectivity index (χ1n) is 6.43. The summed E-state index contributed by atoms with van der Waals surface area (Å²) in [5.41, 5.74) is 7.31. The summed E-state index contributed by atoms with van der Waals surface area (Å²) in [5, 5.41) is 20.4. The SMILES string of the molecule is Cc1c(Cl)cc(O)c(O)c1C1(CN)CCCCC1. The topological polar surface area (TPSA) is 66.5 Å². The van der Waals surface area contributed by atoms with Gasteiger partial charge in [0.25, 0.3) is 0 Å². The van der Waals surface area contributed by atoms with Crippen molar-refractivity contribution in [2.45, 2.75) is 44.4 Å². The predicted octanol–water partition coefficient (Wildman–Crippen LogP) is 3.22. The lowest BCUT2D eigenvalue weighted by molar-refractivity contribution is 0.285. The van der Waals surface area contributed by atoms with Crippen molar-refractivity contribution in [3.05, 3.63) is 22.2 Å². The van der Waals surface area contributed by atoms with Crippen molar-refractivity contribution in [3.8, 4) is 11.5 Å². The maximum Gasteiger partial charge on any atom is 0.161 e. The van der Waals surface area contributed by atoms with Crippen molar-refractivity contribution in [2.24, 2.45) is 5.73 Å². The fraction of sp³-hybridized carbons (Fsp3) is 0.571. The average Bonchev–Trinajstić information content (AvgIpc) is 2.38. The molecule has 1 aliphatic carbocycles. The number of phenols is 2. The third-order valence-corrected chi connectivity index (χ3v) is 4.60. The van der Waals surface area contributed by atoms with Crippen LogP contribution in [0, 0.1) is 6.92 Å². The lowest BCUT2D eigenvalue weighted by atomic mass is 9.68. The summed E-state index contributed by atoms with van der Waals surface area (Å²) in [5.74, 6) is -0.205. The van der Waals surface area contributed by atoms with E-state index in [-0.39, 0.29) is 16.9 Å². The molecule has 1 aromatic rings. The Hall–Kier alpha value is -0.930. The van der Waals surface area contributed by atoms with Gasteiger partial charge in [-0.15, -0.1) is 0 Å². The highest BCUT2D eigenvalue weighted by molar-refractivity contribution is 6.31. The minimum Gasteiger partial charge on any atom is -0.504 e. The van der Waals surface area contributed by atoms with Crippen molar-refractivity contribution in [3.63, 3.8) is 0 Å². The van der Waals surface area contributed by atoms with Crippen LogP contribution in [0.3, 0.4) is 0 Å². The summed E-state index contributed by atoms with van der Waals surface area (Å²) in [6.45, 7) is 2.35. The smallest absolute Gasteiger partial charge is 0.161 e. The highest BCUT2D eigenvalue weighted by Crippen LogP contribution is 2.48. The molecule has 0 saturated heterocycles. The lowest BCUT2D eigenvalue weighted by Gasteiger charge is -2.38. The molecule has 0 bridgehead atoms. The number of rotatable bonds is 2. The van der Waals surface area contributed by atoms with Crippen molar-refractivity contribution < 1.29 is 10.2 Å². The highest BCUT2D eigenvalue weighted by atomic mass is 35.5. The van der Waals surface area contributed by atoms with Crippen molar-refractivity contribution in [1.82, 2.24) is 0 Å². The van der Waals surface area contributed by atoms with Gasteiger partial charge < -0.3 is 15.9 Å². The van der Waals surface area contributed by atoms with Gasteiger partial charge in [0.05, 0.1) is 0 Å². The van der Waals surface area contributed by atoms with Gasteiger partial charge in [0, 0.05) is 28.6 Å². The van der Waals surface area contributed by atoms with Crippen LogP contribution in [0.1, 0.15) is 43.2 Å². The Bertz CT molecular complexity index is 427. The van der Waals surface area contributed by atoms with E-state index in [0.717, 1.165) is 36.8 Å². The molecule has 1 saturated carbocycles. The maximum atomic E-state index is 10.2. The number of aromatic hydroxyl groups is 2. The van der Waals surface area contributed by atoms with Gasteiger partial charge in [-0.25, -0.2) is 0 Å². The molecule has 0 amide bonds. The molecule has 0 atom stereocenters. The fourth-order valence-electron chi connectivity index (χ4n) is 3.16. The molecular weight excluding hydrogens is 250 g/mol. The second-order valence-electron chi connectivity index (χ2n) is 5.27. The minimum absolute atomic E-state index is 0.0516. The molecule has 2 rings (SSSR count). The standard InChI is InChI=1S/C14H20ClNO2/c1-9-10(15)7-11(17)13(18)12(9)14(8-16)5-3-2-4-6-14/h7,17-18H,2-6,8,16H2,1H3. The highest BCUT2D eigenvalue weighted by Gasteiger charge is 2.37. The van der Waals surface area contributed by atoms with E-state index in [2.05, 4.69) is 0 Å². The monoisotopic (exact) mass is 269 g/mol. The maximum absolute atomic E-state index is 10.2. The number of nitrogens with two attached hydrogens (primary N) is 1. The molecule has 0 heterocycles. The van der Waals surface area contributed by atoms with E-state index in [1.54, 1.807) is 0 Å². The van der Waals surface area contributed by atoms with E-state index in [0.29, 0.717) is 11.6 Å². The zero-order valence-corrected chi connectivity index (χ0v) is 11.4. The van der Waals surface area contributed by atoms with E-state index in [1.165, 1.54) is 12.5 Å². The Morgan fingerprint density at radius 2 is 1.89 bits per heavy atom. The minimum atomic E-state index is -0.241. The predicted molar refractivity (Wildman–Crippen MR) is 73.3 cm³/mol. The molecule has 3 nitrogen and oxygen atoms in total. The number of phenolic OH excluding ortho intramolecular Hbond substituents is 2. The van der Waals surface area contributed by atoms with E-state index in [4.69, 9.17) is 17.3 Å². The number of halogens is 1. The van der Waals surface area contributed by atoms with E-state index in [1.807, 2.05) is 6.92 Å². The first-order valence-corrected chi connectivity index (χ1v) is 6.81. The van der Waals surface area contributed by atoms with Crippen LogP contribution >= 0.6 is 11.6 Å². The summed E-state index contributed by atoms with van der Waals surface area (Å²) in [6, 6.07) is 1.39. The zero-order valence-electron chi connectivity index (χ0n) is 10.7. The van der Waals surface area contributed by atoms with E-state index >= 15 is 0 Å². The normalized spacial score (nSPS) is 18.8. The lowest BCUT2D eigenvalue weighted by Crippen LogP contribution is -2.37. The Kier molecular flexibility index (Phi) is 3.74. The fourth-order valence-corrected chi connectivity index (χ4v) is 3.35. The van der Waals surface area contributed by atoms with Crippen LogP contribution in [0.4, 0.5) is 0 Å². The zero-order chi connectivity index (χ0) is 13.3. The van der Waals surface area contributed by atoms with Crippen molar-refractivity contribution in [2.75, 3.05) is 6.54 Å². The largest absolute Gasteiger partial charge is 0.504 e. The molecule has 0 spiro atoms. The number of hydrogen-bond acceptors (Lipinski definition) is 3. The molecule has 1 aliphatic rings. The second-order valence-corrected chi connectivity index (χ2v) is 5.68. The number of hydrogen-bond donors (Lipinski definition) is 3. The Morgan fingerprint density at radius 3 is 2.44 bits per heavy atom. The second kappa shape index (κ2) is 4.98. The summed E-state index contributed by atoms with van der Waals surface area (Å²) < 4.78 is 0. The summed E-state index contributed by atoms with van der Waals surface area (Å²) in [4.78, 5) is 0. The van der Waals surface area contributed by atoms with Gasteiger partial charge in [-0.3, -0.25) is 0 Å². The Balaban J connectivity index is 2.61. The van der Waals surface area contributed by atoms with Crippen molar-refractivity contribution in [1.29, 1.82) is 0 Å². The molecule has 4 heteroatoms. The van der Waals surface area contributed by atoms with Crippen molar-refractivity contribution >= 4 is 11.6 Å². The first kappa shape index (κ1) is 13.5. The van der Waals surface area contributed by atoms with Gasteiger partial charge >= 0.3 is 0 Å².